The SMILES string of the molecule is CC(=O)NCC(=O)Nc1ccc([N+](=O)[O-])cc1C(=O)c1ccccc1. The fourth-order valence-corrected chi connectivity index (χ4v) is 2.09. The van der Waals surface area contributed by atoms with Crippen molar-refractivity contribution in [2.24, 2.45) is 0 Å². The van der Waals surface area contributed by atoms with Crippen LogP contribution in [0, 0.1) is 10.1 Å². The predicted molar refractivity (Wildman–Crippen MR) is 90.3 cm³/mol. The van der Waals surface area contributed by atoms with Gasteiger partial charge in [0.2, 0.25) is 11.8 Å². The molecule has 0 bridgehead atoms. The predicted octanol–water partition coefficient (Wildman–Crippen LogP) is 1.90. The number of carbonyl (C=O) groups is 3. The first-order valence-corrected chi connectivity index (χ1v) is 7.31. The Kier molecular flexibility index (Phi) is 5.57. The number of amides is 2. The molecule has 8 nitrogen and oxygen atoms in total. The maximum absolute atomic E-state index is 12.6. The molecule has 2 rings (SSSR count). The first-order valence-electron chi connectivity index (χ1n) is 7.31. The van der Waals surface area contributed by atoms with Gasteiger partial charge in [0.1, 0.15) is 0 Å². The molecule has 128 valence electrons. The number of nitro groups is 1. The molecule has 2 amide bonds. The van der Waals surface area contributed by atoms with E-state index in [2.05, 4.69) is 10.6 Å². The van der Waals surface area contributed by atoms with Crippen LogP contribution in [0.15, 0.2) is 48.5 Å². The van der Waals surface area contributed by atoms with Crippen molar-refractivity contribution < 1.29 is 19.3 Å². The molecule has 0 aliphatic heterocycles. The molecule has 0 radical (unpaired) electrons. The van der Waals surface area contributed by atoms with Gasteiger partial charge in [-0.1, -0.05) is 30.3 Å². The van der Waals surface area contributed by atoms with E-state index in [9.17, 15) is 24.5 Å². The lowest BCUT2D eigenvalue weighted by Crippen LogP contribution is -2.31. The van der Waals surface area contributed by atoms with Crippen molar-refractivity contribution in [2.75, 3.05) is 11.9 Å². The summed E-state index contributed by atoms with van der Waals surface area (Å²) in [7, 11) is 0. The van der Waals surface area contributed by atoms with E-state index < -0.39 is 16.6 Å². The maximum atomic E-state index is 12.6. The molecular weight excluding hydrogens is 326 g/mol. The van der Waals surface area contributed by atoms with E-state index in [1.54, 1.807) is 30.3 Å². The van der Waals surface area contributed by atoms with E-state index in [1.807, 2.05) is 0 Å². The van der Waals surface area contributed by atoms with Crippen LogP contribution in [0.4, 0.5) is 11.4 Å². The van der Waals surface area contributed by atoms with E-state index >= 15 is 0 Å². The van der Waals surface area contributed by atoms with Gasteiger partial charge in [0.25, 0.3) is 5.69 Å². The van der Waals surface area contributed by atoms with Crippen LogP contribution in [0.5, 0.6) is 0 Å². The highest BCUT2D eigenvalue weighted by Crippen LogP contribution is 2.25. The molecule has 0 aromatic heterocycles. The monoisotopic (exact) mass is 341 g/mol. The molecule has 0 saturated heterocycles. The van der Waals surface area contributed by atoms with Gasteiger partial charge in [-0.15, -0.1) is 0 Å². The third-order valence-corrected chi connectivity index (χ3v) is 3.27. The number of rotatable bonds is 6. The number of ketones is 1. The Balaban J connectivity index is 2.35. The van der Waals surface area contributed by atoms with Gasteiger partial charge in [-0.25, -0.2) is 0 Å². The van der Waals surface area contributed by atoms with E-state index in [0.717, 1.165) is 6.07 Å². The van der Waals surface area contributed by atoms with Gasteiger partial charge in [-0.2, -0.15) is 0 Å². The Morgan fingerprint density at radius 2 is 1.76 bits per heavy atom. The summed E-state index contributed by atoms with van der Waals surface area (Å²) < 4.78 is 0. The minimum absolute atomic E-state index is 0.00317. The van der Waals surface area contributed by atoms with Crippen molar-refractivity contribution in [1.82, 2.24) is 5.32 Å². The van der Waals surface area contributed by atoms with Crippen molar-refractivity contribution in [2.45, 2.75) is 6.92 Å². The highest BCUT2D eigenvalue weighted by molar-refractivity contribution is 6.14. The molecule has 0 aliphatic rings. The van der Waals surface area contributed by atoms with Crippen LogP contribution >= 0.6 is 0 Å². The van der Waals surface area contributed by atoms with Crippen LogP contribution in [0.25, 0.3) is 0 Å². The molecule has 0 fully saturated rings. The van der Waals surface area contributed by atoms with Gasteiger partial charge in [0, 0.05) is 24.6 Å². The summed E-state index contributed by atoms with van der Waals surface area (Å²) >= 11 is 0. The summed E-state index contributed by atoms with van der Waals surface area (Å²) in [5.74, 6) is -1.38. The summed E-state index contributed by atoms with van der Waals surface area (Å²) in [6, 6.07) is 11.8. The summed E-state index contributed by atoms with van der Waals surface area (Å²) in [4.78, 5) is 45.7. The van der Waals surface area contributed by atoms with Gasteiger partial charge in [0.15, 0.2) is 5.78 Å². The smallest absolute Gasteiger partial charge is 0.270 e. The van der Waals surface area contributed by atoms with Crippen LogP contribution in [0.1, 0.15) is 22.8 Å². The van der Waals surface area contributed by atoms with Gasteiger partial charge in [-0.3, -0.25) is 24.5 Å². The van der Waals surface area contributed by atoms with Gasteiger partial charge in [0.05, 0.1) is 22.7 Å². The largest absolute Gasteiger partial charge is 0.347 e. The summed E-state index contributed by atoms with van der Waals surface area (Å²) in [5.41, 5.74) is 0.200. The molecule has 0 saturated carbocycles. The van der Waals surface area contributed by atoms with Crippen LogP contribution in [0.2, 0.25) is 0 Å². The topological polar surface area (TPSA) is 118 Å². The van der Waals surface area contributed by atoms with Crippen LogP contribution in [-0.2, 0) is 9.59 Å². The average Bonchev–Trinajstić information content (AvgIpc) is 2.60. The number of non-ortho nitro benzene ring substituents is 1. The second kappa shape index (κ2) is 7.82. The van der Waals surface area contributed by atoms with E-state index in [1.165, 1.54) is 19.1 Å². The molecule has 0 aliphatic carbocycles. The van der Waals surface area contributed by atoms with Crippen molar-refractivity contribution in [3.05, 3.63) is 69.8 Å². The second-order valence-electron chi connectivity index (χ2n) is 5.14. The lowest BCUT2D eigenvalue weighted by Gasteiger charge is -2.11. The van der Waals surface area contributed by atoms with Crippen molar-refractivity contribution in [3.63, 3.8) is 0 Å². The highest BCUT2D eigenvalue weighted by Gasteiger charge is 2.19. The molecule has 2 N–H and O–H groups in total. The van der Waals surface area contributed by atoms with E-state index in [4.69, 9.17) is 0 Å². The summed E-state index contributed by atoms with van der Waals surface area (Å²) in [6.45, 7) is 0.995. The quantitative estimate of drug-likeness (QED) is 0.472. The number of nitrogens with zero attached hydrogens (tertiary/aromatic N) is 1. The first kappa shape index (κ1) is 17.8. The fraction of sp³-hybridized carbons (Fsp3) is 0.118. The molecule has 0 unspecified atom stereocenters. The molecule has 0 spiro atoms. The van der Waals surface area contributed by atoms with Crippen molar-refractivity contribution in [1.29, 1.82) is 0 Å². The molecular formula is C17H15N3O5. The second-order valence-corrected chi connectivity index (χ2v) is 5.14. The number of anilines is 1. The van der Waals surface area contributed by atoms with Crippen LogP contribution in [0.3, 0.4) is 0 Å². The number of hydrogen-bond donors (Lipinski definition) is 2. The van der Waals surface area contributed by atoms with Gasteiger partial charge in [-0.05, 0) is 6.07 Å². The highest BCUT2D eigenvalue weighted by atomic mass is 16.6. The standard InChI is InChI=1S/C17H15N3O5/c1-11(21)18-10-16(22)19-15-8-7-13(20(24)25)9-14(15)17(23)12-5-3-2-4-6-12/h2-9H,10H2,1H3,(H,18,21)(H,19,22). The normalized spacial score (nSPS) is 9.96. The molecule has 2 aromatic carbocycles. The van der Waals surface area contributed by atoms with Crippen molar-refractivity contribution in [3.8, 4) is 0 Å². The summed E-state index contributed by atoms with van der Waals surface area (Å²) in [5, 5.41) is 15.8. The maximum Gasteiger partial charge on any atom is 0.270 e. The number of benzene rings is 2. The zero-order valence-electron chi connectivity index (χ0n) is 13.3. The third kappa shape index (κ3) is 4.71. The average molecular weight is 341 g/mol. The summed E-state index contributed by atoms with van der Waals surface area (Å²) in [6.07, 6.45) is 0. The Morgan fingerprint density at radius 1 is 1.08 bits per heavy atom. The fourth-order valence-electron chi connectivity index (χ4n) is 2.09. The number of nitrogens with one attached hydrogen (secondary N) is 2. The lowest BCUT2D eigenvalue weighted by atomic mass is 10.0. The number of nitro benzene ring substituents is 1. The van der Waals surface area contributed by atoms with Gasteiger partial charge < -0.3 is 10.6 Å². The Hall–Kier alpha value is -3.55. The number of hydrogen-bond acceptors (Lipinski definition) is 5. The first-order chi connectivity index (χ1) is 11.9. The van der Waals surface area contributed by atoms with E-state index in [-0.39, 0.29) is 29.4 Å². The Bertz CT molecular complexity index is 833. The molecule has 0 atom stereocenters. The minimum Gasteiger partial charge on any atom is -0.347 e. The van der Waals surface area contributed by atoms with Gasteiger partial charge >= 0.3 is 0 Å². The third-order valence-electron chi connectivity index (χ3n) is 3.27. The molecule has 0 heterocycles. The zero-order valence-corrected chi connectivity index (χ0v) is 13.3. The Morgan fingerprint density at radius 3 is 2.36 bits per heavy atom. The van der Waals surface area contributed by atoms with Crippen LogP contribution < -0.4 is 10.6 Å². The Labute approximate surface area is 143 Å². The number of carbonyl (C=O) groups excluding carboxylic acids is 3. The zero-order chi connectivity index (χ0) is 18.4. The van der Waals surface area contributed by atoms with Crippen molar-refractivity contribution >= 4 is 29.0 Å². The van der Waals surface area contributed by atoms with Crippen LogP contribution in [-0.4, -0.2) is 29.1 Å². The minimum atomic E-state index is -0.620. The molecule has 8 heteroatoms. The van der Waals surface area contributed by atoms with E-state index in [0.29, 0.717) is 5.56 Å². The molecule has 2 aromatic rings. The lowest BCUT2D eigenvalue weighted by molar-refractivity contribution is -0.384. The molecule has 25 heavy (non-hydrogen) atoms.